The Morgan fingerprint density at radius 2 is 1.88 bits per heavy atom. The van der Waals surface area contributed by atoms with Gasteiger partial charge in [-0.2, -0.15) is 5.26 Å². The van der Waals surface area contributed by atoms with Crippen LogP contribution in [-0.2, 0) is 0 Å². The fourth-order valence-electron chi connectivity index (χ4n) is 3.92. The molecule has 0 aliphatic carbocycles. The standard InChI is InChI=1S/C22H16N2O2/c23-12-13-25-19-10-5-9-17-21(19)16-8-4-11-20-22(16)24(17)18(14-26-20)15-6-2-1-3-7-15/h1-11,18H,13-14H2. The summed E-state index contributed by atoms with van der Waals surface area (Å²) in [5, 5.41) is 11.0. The lowest BCUT2D eigenvalue weighted by atomic mass is 10.1. The van der Waals surface area contributed by atoms with E-state index in [1.165, 1.54) is 5.56 Å². The molecule has 0 saturated heterocycles. The number of nitriles is 1. The van der Waals surface area contributed by atoms with E-state index in [1.54, 1.807) is 0 Å². The van der Waals surface area contributed by atoms with E-state index in [4.69, 9.17) is 14.7 Å². The SMILES string of the molecule is N#CCOc1cccc2c1c1cccc3c1n2C(c1ccccc1)CO3. The summed E-state index contributed by atoms with van der Waals surface area (Å²) < 4.78 is 14.2. The van der Waals surface area contributed by atoms with Gasteiger partial charge in [-0.15, -0.1) is 0 Å². The number of nitrogens with zero attached hydrogens (tertiary/aromatic N) is 2. The molecule has 0 spiro atoms. The molecule has 1 aromatic heterocycles. The van der Waals surface area contributed by atoms with Crippen LogP contribution >= 0.6 is 0 Å². The summed E-state index contributed by atoms with van der Waals surface area (Å²) in [5.74, 6) is 1.62. The van der Waals surface area contributed by atoms with Crippen LogP contribution in [0, 0.1) is 11.3 Å². The van der Waals surface area contributed by atoms with E-state index < -0.39 is 0 Å². The van der Waals surface area contributed by atoms with Gasteiger partial charge in [0.25, 0.3) is 0 Å². The molecule has 1 aliphatic heterocycles. The number of para-hydroxylation sites is 1. The Morgan fingerprint density at radius 1 is 1.04 bits per heavy atom. The third-order valence-corrected chi connectivity index (χ3v) is 4.96. The van der Waals surface area contributed by atoms with Crippen LogP contribution in [0.1, 0.15) is 11.6 Å². The Balaban J connectivity index is 1.86. The van der Waals surface area contributed by atoms with Crippen LogP contribution in [0.15, 0.2) is 66.7 Å². The van der Waals surface area contributed by atoms with E-state index in [0.29, 0.717) is 6.61 Å². The van der Waals surface area contributed by atoms with E-state index in [0.717, 1.165) is 33.3 Å². The molecule has 0 radical (unpaired) electrons. The number of hydrogen-bond donors (Lipinski definition) is 0. The quantitative estimate of drug-likeness (QED) is 0.544. The largest absolute Gasteiger partial charge is 0.489 e. The molecule has 3 aromatic carbocycles. The Bertz CT molecular complexity index is 1160. The Morgan fingerprint density at radius 3 is 2.73 bits per heavy atom. The molecule has 1 aliphatic rings. The average molecular weight is 340 g/mol. The molecule has 4 heteroatoms. The minimum absolute atomic E-state index is 0.0318. The molecule has 0 saturated carbocycles. The van der Waals surface area contributed by atoms with Gasteiger partial charge >= 0.3 is 0 Å². The van der Waals surface area contributed by atoms with Crippen molar-refractivity contribution in [1.82, 2.24) is 4.57 Å². The van der Waals surface area contributed by atoms with Crippen molar-refractivity contribution in [1.29, 1.82) is 5.26 Å². The van der Waals surface area contributed by atoms with Gasteiger partial charge in [-0.1, -0.05) is 48.5 Å². The normalized spacial score (nSPS) is 15.6. The van der Waals surface area contributed by atoms with Gasteiger partial charge in [-0.25, -0.2) is 0 Å². The number of rotatable bonds is 3. The van der Waals surface area contributed by atoms with E-state index >= 15 is 0 Å². The van der Waals surface area contributed by atoms with Gasteiger partial charge in [0.15, 0.2) is 6.61 Å². The zero-order chi connectivity index (χ0) is 17.5. The Kier molecular flexibility index (Phi) is 3.32. The van der Waals surface area contributed by atoms with Crippen molar-refractivity contribution in [3.05, 3.63) is 72.3 Å². The highest BCUT2D eigenvalue weighted by molar-refractivity contribution is 6.13. The van der Waals surface area contributed by atoms with Crippen LogP contribution in [0.5, 0.6) is 11.5 Å². The van der Waals surface area contributed by atoms with Crippen LogP contribution in [-0.4, -0.2) is 17.8 Å². The zero-order valence-corrected chi connectivity index (χ0v) is 14.1. The van der Waals surface area contributed by atoms with Crippen molar-refractivity contribution in [2.75, 3.05) is 13.2 Å². The monoisotopic (exact) mass is 340 g/mol. The molecule has 4 aromatic rings. The van der Waals surface area contributed by atoms with Crippen molar-refractivity contribution in [2.24, 2.45) is 0 Å². The molecule has 0 bridgehead atoms. The second kappa shape index (κ2) is 5.82. The molecule has 0 N–H and O–H groups in total. The summed E-state index contributed by atoms with van der Waals surface area (Å²) in [7, 11) is 0. The number of ether oxygens (including phenoxy) is 2. The van der Waals surface area contributed by atoms with Crippen LogP contribution in [0.25, 0.3) is 21.8 Å². The highest BCUT2D eigenvalue weighted by Gasteiger charge is 2.28. The molecule has 0 amide bonds. The van der Waals surface area contributed by atoms with Crippen molar-refractivity contribution in [3.8, 4) is 17.6 Å². The maximum Gasteiger partial charge on any atom is 0.174 e. The minimum atomic E-state index is 0.0318. The second-order valence-electron chi connectivity index (χ2n) is 6.36. The van der Waals surface area contributed by atoms with Gasteiger partial charge in [-0.05, 0) is 23.8 Å². The van der Waals surface area contributed by atoms with E-state index in [-0.39, 0.29) is 12.6 Å². The lowest BCUT2D eigenvalue weighted by molar-refractivity contribution is 0.262. The summed E-state index contributed by atoms with van der Waals surface area (Å²) in [6.07, 6.45) is 0. The summed E-state index contributed by atoms with van der Waals surface area (Å²) in [6.45, 7) is 0.618. The minimum Gasteiger partial charge on any atom is -0.489 e. The zero-order valence-electron chi connectivity index (χ0n) is 14.1. The molecule has 1 unspecified atom stereocenters. The molecule has 5 rings (SSSR count). The highest BCUT2D eigenvalue weighted by Crippen LogP contribution is 2.44. The molecule has 26 heavy (non-hydrogen) atoms. The van der Waals surface area contributed by atoms with Crippen molar-refractivity contribution in [2.45, 2.75) is 6.04 Å². The lowest BCUT2D eigenvalue weighted by Gasteiger charge is -2.27. The summed E-state index contributed by atoms with van der Waals surface area (Å²) in [6, 6.07) is 24.7. The first-order chi connectivity index (χ1) is 12.9. The summed E-state index contributed by atoms with van der Waals surface area (Å²) >= 11 is 0. The van der Waals surface area contributed by atoms with Crippen LogP contribution in [0.2, 0.25) is 0 Å². The molecular formula is C22H16N2O2. The third kappa shape index (κ3) is 2.07. The fourth-order valence-corrected chi connectivity index (χ4v) is 3.92. The number of benzene rings is 3. The molecule has 0 fully saturated rings. The van der Waals surface area contributed by atoms with E-state index in [9.17, 15) is 0 Å². The van der Waals surface area contributed by atoms with Crippen LogP contribution < -0.4 is 9.47 Å². The Labute approximate surface area is 150 Å². The topological polar surface area (TPSA) is 47.2 Å². The van der Waals surface area contributed by atoms with E-state index in [2.05, 4.69) is 47.0 Å². The highest BCUT2D eigenvalue weighted by atomic mass is 16.5. The smallest absolute Gasteiger partial charge is 0.174 e. The third-order valence-electron chi connectivity index (χ3n) is 4.96. The van der Waals surface area contributed by atoms with Gasteiger partial charge in [-0.3, -0.25) is 0 Å². The maximum atomic E-state index is 8.91. The molecule has 1 atom stereocenters. The predicted octanol–water partition coefficient (Wildman–Crippen LogP) is 4.68. The fraction of sp³-hybridized carbons (Fsp3) is 0.136. The van der Waals surface area contributed by atoms with Gasteiger partial charge in [0.1, 0.15) is 24.2 Å². The molecule has 4 nitrogen and oxygen atoms in total. The van der Waals surface area contributed by atoms with Gasteiger partial charge < -0.3 is 14.0 Å². The van der Waals surface area contributed by atoms with Crippen molar-refractivity contribution in [3.63, 3.8) is 0 Å². The van der Waals surface area contributed by atoms with Gasteiger partial charge in [0, 0.05) is 10.8 Å². The molecular weight excluding hydrogens is 324 g/mol. The Hall–Kier alpha value is -3.45. The first-order valence-corrected chi connectivity index (χ1v) is 8.61. The second-order valence-corrected chi connectivity index (χ2v) is 6.36. The van der Waals surface area contributed by atoms with E-state index in [1.807, 2.05) is 30.3 Å². The number of fused-ring (bicyclic) bond motifs is 3. The first kappa shape index (κ1) is 14.9. The van der Waals surface area contributed by atoms with Gasteiger partial charge in [0.2, 0.25) is 0 Å². The molecule has 2 heterocycles. The average Bonchev–Trinajstić information content (AvgIpc) is 3.05. The number of aromatic nitrogens is 1. The number of hydrogen-bond acceptors (Lipinski definition) is 3. The van der Waals surface area contributed by atoms with Gasteiger partial charge in [0.05, 0.1) is 17.1 Å². The first-order valence-electron chi connectivity index (χ1n) is 8.61. The van der Waals surface area contributed by atoms with Crippen LogP contribution in [0.4, 0.5) is 0 Å². The van der Waals surface area contributed by atoms with Crippen LogP contribution in [0.3, 0.4) is 0 Å². The van der Waals surface area contributed by atoms with Crippen molar-refractivity contribution >= 4 is 21.8 Å². The molecule has 126 valence electrons. The summed E-state index contributed by atoms with van der Waals surface area (Å²) in [4.78, 5) is 0. The van der Waals surface area contributed by atoms with Crippen molar-refractivity contribution < 1.29 is 9.47 Å². The lowest BCUT2D eigenvalue weighted by Crippen LogP contribution is -2.22. The predicted molar refractivity (Wildman–Crippen MR) is 101 cm³/mol. The maximum absolute atomic E-state index is 8.91. The summed E-state index contributed by atoms with van der Waals surface area (Å²) in [5.41, 5.74) is 3.39.